The third-order valence-electron chi connectivity index (χ3n) is 4.39. The van der Waals surface area contributed by atoms with Gasteiger partial charge in [0, 0.05) is 32.0 Å². The molecule has 0 N–H and O–H groups in total. The highest BCUT2D eigenvalue weighted by molar-refractivity contribution is 8.01. The van der Waals surface area contributed by atoms with Crippen molar-refractivity contribution in [2.24, 2.45) is 0 Å². The largest absolute Gasteiger partial charge is 0.289 e. The SMILES string of the molecule is CSc1cc2c(cc1SC)C(=O)c1cc3ccccc3cc1C2=O. The Labute approximate surface area is 148 Å². The maximum atomic E-state index is 13.0. The molecule has 0 saturated heterocycles. The van der Waals surface area contributed by atoms with E-state index in [0.717, 1.165) is 20.6 Å². The van der Waals surface area contributed by atoms with E-state index >= 15 is 0 Å². The summed E-state index contributed by atoms with van der Waals surface area (Å²) in [6, 6.07) is 15.2. The molecule has 0 aromatic heterocycles. The molecule has 4 rings (SSSR count). The number of hydrogen-bond donors (Lipinski definition) is 0. The number of hydrogen-bond acceptors (Lipinski definition) is 4. The molecule has 1 aliphatic carbocycles. The van der Waals surface area contributed by atoms with E-state index in [9.17, 15) is 9.59 Å². The second-order valence-corrected chi connectivity index (χ2v) is 7.35. The zero-order chi connectivity index (χ0) is 16.8. The van der Waals surface area contributed by atoms with Crippen molar-refractivity contribution < 1.29 is 9.59 Å². The molecule has 3 aromatic rings. The third-order valence-corrected chi connectivity index (χ3v) is 6.07. The van der Waals surface area contributed by atoms with Crippen LogP contribution in [0.3, 0.4) is 0 Å². The van der Waals surface area contributed by atoms with Gasteiger partial charge in [0.05, 0.1) is 0 Å². The van der Waals surface area contributed by atoms with Gasteiger partial charge in [-0.3, -0.25) is 9.59 Å². The highest BCUT2D eigenvalue weighted by atomic mass is 32.2. The lowest BCUT2D eigenvalue weighted by Gasteiger charge is -2.20. The summed E-state index contributed by atoms with van der Waals surface area (Å²) in [5.41, 5.74) is 2.06. The molecule has 1 aliphatic rings. The Bertz CT molecular complexity index is 940. The average Bonchev–Trinajstić information content (AvgIpc) is 2.63. The topological polar surface area (TPSA) is 34.1 Å². The molecule has 0 heterocycles. The van der Waals surface area contributed by atoms with Crippen molar-refractivity contribution in [2.75, 3.05) is 12.5 Å². The number of fused-ring (bicyclic) bond motifs is 3. The van der Waals surface area contributed by atoms with Crippen molar-refractivity contribution >= 4 is 45.9 Å². The molecule has 3 aromatic carbocycles. The first-order valence-electron chi connectivity index (χ1n) is 7.52. The minimum Gasteiger partial charge on any atom is -0.289 e. The first-order valence-corrected chi connectivity index (χ1v) is 9.97. The number of carbonyl (C=O) groups excluding carboxylic acids is 2. The number of benzene rings is 3. The van der Waals surface area contributed by atoms with Gasteiger partial charge in [0.1, 0.15) is 0 Å². The monoisotopic (exact) mass is 350 g/mol. The zero-order valence-electron chi connectivity index (χ0n) is 13.3. The second-order valence-electron chi connectivity index (χ2n) is 5.66. The van der Waals surface area contributed by atoms with Gasteiger partial charge >= 0.3 is 0 Å². The van der Waals surface area contributed by atoms with Crippen molar-refractivity contribution in [1.82, 2.24) is 0 Å². The van der Waals surface area contributed by atoms with Crippen molar-refractivity contribution in [3.63, 3.8) is 0 Å². The van der Waals surface area contributed by atoms with Crippen LogP contribution >= 0.6 is 23.5 Å². The van der Waals surface area contributed by atoms with E-state index in [1.165, 1.54) is 0 Å². The molecule has 2 nitrogen and oxygen atoms in total. The molecule has 0 spiro atoms. The standard InChI is InChI=1S/C20H14O2S2/c1-23-17-9-15-16(10-18(17)24-2)20(22)14-8-12-6-4-3-5-11(12)7-13(14)19(15)21/h3-10H,1-2H3. The predicted octanol–water partition coefficient (Wildman–Crippen LogP) is 5.06. The number of ketones is 2. The van der Waals surface area contributed by atoms with E-state index in [1.54, 1.807) is 23.5 Å². The second kappa shape index (κ2) is 5.80. The van der Waals surface area contributed by atoms with Crippen LogP contribution in [0.2, 0.25) is 0 Å². The maximum absolute atomic E-state index is 13.0. The summed E-state index contributed by atoms with van der Waals surface area (Å²) in [6.45, 7) is 0. The molecule has 0 aliphatic heterocycles. The average molecular weight is 350 g/mol. The van der Waals surface area contributed by atoms with Crippen LogP contribution in [-0.2, 0) is 0 Å². The van der Waals surface area contributed by atoms with E-state index < -0.39 is 0 Å². The smallest absolute Gasteiger partial charge is 0.194 e. The molecule has 4 heteroatoms. The summed E-state index contributed by atoms with van der Waals surface area (Å²) in [5.74, 6) is -0.124. The fraction of sp³-hybridized carbons (Fsp3) is 0.100. The fourth-order valence-corrected chi connectivity index (χ4v) is 4.65. The molecule has 0 radical (unpaired) electrons. The van der Waals surface area contributed by atoms with Crippen molar-refractivity contribution in [3.8, 4) is 0 Å². The van der Waals surface area contributed by atoms with Gasteiger partial charge in [-0.1, -0.05) is 24.3 Å². The molecule has 0 fully saturated rings. The van der Waals surface area contributed by atoms with Crippen LogP contribution in [0.25, 0.3) is 10.8 Å². The van der Waals surface area contributed by atoms with Gasteiger partial charge in [0.15, 0.2) is 11.6 Å². The Kier molecular flexibility index (Phi) is 3.74. The van der Waals surface area contributed by atoms with Crippen LogP contribution in [0.4, 0.5) is 0 Å². The Morgan fingerprint density at radius 2 is 1.00 bits per heavy atom. The van der Waals surface area contributed by atoms with E-state index in [4.69, 9.17) is 0 Å². The van der Waals surface area contributed by atoms with Crippen LogP contribution in [0.15, 0.2) is 58.3 Å². The lowest BCUT2D eigenvalue weighted by molar-refractivity contribution is 0.0979. The first kappa shape index (κ1) is 15.5. The van der Waals surface area contributed by atoms with E-state index in [-0.39, 0.29) is 11.6 Å². The summed E-state index contributed by atoms with van der Waals surface area (Å²) in [7, 11) is 0. The molecule has 0 unspecified atom stereocenters. The minimum atomic E-state index is -0.0618. The summed E-state index contributed by atoms with van der Waals surface area (Å²) in [6.07, 6.45) is 3.97. The predicted molar refractivity (Wildman–Crippen MR) is 101 cm³/mol. The van der Waals surface area contributed by atoms with Gasteiger partial charge in [-0.05, 0) is 47.5 Å². The molecular formula is C20H14O2S2. The molecule has 0 bridgehead atoms. The minimum absolute atomic E-state index is 0.0618. The molecule has 0 amide bonds. The summed E-state index contributed by atoms with van der Waals surface area (Å²) >= 11 is 3.19. The van der Waals surface area contributed by atoms with Crippen LogP contribution in [0.5, 0.6) is 0 Å². The Morgan fingerprint density at radius 1 is 0.625 bits per heavy atom. The van der Waals surface area contributed by atoms with Gasteiger partial charge < -0.3 is 0 Å². The molecule has 24 heavy (non-hydrogen) atoms. The van der Waals surface area contributed by atoms with E-state index in [0.29, 0.717) is 22.3 Å². The van der Waals surface area contributed by atoms with Crippen LogP contribution in [-0.4, -0.2) is 24.1 Å². The Hall–Kier alpha value is -2.04. The van der Waals surface area contributed by atoms with Crippen molar-refractivity contribution in [3.05, 3.63) is 70.8 Å². The van der Waals surface area contributed by atoms with Gasteiger partial charge in [-0.25, -0.2) is 0 Å². The Morgan fingerprint density at radius 3 is 1.38 bits per heavy atom. The zero-order valence-corrected chi connectivity index (χ0v) is 14.9. The van der Waals surface area contributed by atoms with E-state index in [1.807, 2.05) is 61.0 Å². The molecule has 0 atom stereocenters. The fourth-order valence-electron chi connectivity index (χ4n) is 3.16. The quantitative estimate of drug-likeness (QED) is 0.473. The summed E-state index contributed by atoms with van der Waals surface area (Å²) in [4.78, 5) is 28.1. The van der Waals surface area contributed by atoms with E-state index in [2.05, 4.69) is 0 Å². The summed E-state index contributed by atoms with van der Waals surface area (Å²) in [5, 5.41) is 1.96. The van der Waals surface area contributed by atoms with Crippen LogP contribution < -0.4 is 0 Å². The highest BCUT2D eigenvalue weighted by Gasteiger charge is 2.31. The van der Waals surface area contributed by atoms with Crippen molar-refractivity contribution in [2.45, 2.75) is 9.79 Å². The van der Waals surface area contributed by atoms with Crippen molar-refractivity contribution in [1.29, 1.82) is 0 Å². The van der Waals surface area contributed by atoms with Crippen LogP contribution in [0.1, 0.15) is 31.8 Å². The highest BCUT2D eigenvalue weighted by Crippen LogP contribution is 2.37. The van der Waals surface area contributed by atoms with Gasteiger partial charge in [0.2, 0.25) is 0 Å². The van der Waals surface area contributed by atoms with Gasteiger partial charge in [0.25, 0.3) is 0 Å². The first-order chi connectivity index (χ1) is 11.6. The molecular weight excluding hydrogens is 336 g/mol. The lowest BCUT2D eigenvalue weighted by Crippen LogP contribution is -2.21. The number of carbonyl (C=O) groups is 2. The van der Waals surface area contributed by atoms with Crippen LogP contribution in [0, 0.1) is 0 Å². The normalized spacial score (nSPS) is 13.1. The lowest BCUT2D eigenvalue weighted by atomic mass is 9.83. The molecule has 118 valence electrons. The maximum Gasteiger partial charge on any atom is 0.194 e. The van der Waals surface area contributed by atoms with Gasteiger partial charge in [-0.15, -0.1) is 23.5 Å². The van der Waals surface area contributed by atoms with Gasteiger partial charge in [-0.2, -0.15) is 0 Å². The third kappa shape index (κ3) is 2.21. The summed E-state index contributed by atoms with van der Waals surface area (Å²) < 4.78 is 0. The molecule has 0 saturated carbocycles. The number of rotatable bonds is 2. The number of thioether (sulfide) groups is 2. The Balaban J connectivity index is 2.00.